The minimum absolute atomic E-state index is 0.0357. The summed E-state index contributed by atoms with van der Waals surface area (Å²) in [6, 6.07) is 10.3. The lowest BCUT2D eigenvalue weighted by molar-refractivity contribution is -0.476. The number of piperidine rings is 1. The van der Waals surface area contributed by atoms with E-state index in [-0.39, 0.29) is 24.8 Å². The SMILES string of the molecule is COc1cccc2c1N=CC1C(=O)N(c3ccc4c(c3)OCO4)C(=O)[N+](C3CCNCC3)=C21. The van der Waals surface area contributed by atoms with E-state index in [9.17, 15) is 9.59 Å². The van der Waals surface area contributed by atoms with Crippen molar-refractivity contribution in [2.45, 2.75) is 18.9 Å². The van der Waals surface area contributed by atoms with E-state index in [4.69, 9.17) is 14.2 Å². The summed E-state index contributed by atoms with van der Waals surface area (Å²) in [5, 5.41) is 3.35. The van der Waals surface area contributed by atoms with Gasteiger partial charge in [-0.15, -0.1) is 4.90 Å². The van der Waals surface area contributed by atoms with Crippen LogP contribution in [0.2, 0.25) is 0 Å². The lowest BCUT2D eigenvalue weighted by atomic mass is 9.88. The van der Waals surface area contributed by atoms with Crippen LogP contribution in [0.5, 0.6) is 17.2 Å². The van der Waals surface area contributed by atoms with Crippen LogP contribution in [-0.4, -0.2) is 61.5 Å². The molecule has 1 N–H and O–H groups in total. The molecule has 0 saturated carbocycles. The topological polar surface area (TPSA) is 92.5 Å². The normalized spacial score (nSPS) is 21.8. The Morgan fingerprint density at radius 2 is 1.94 bits per heavy atom. The molecule has 2 aromatic rings. The third kappa shape index (κ3) is 3.03. The summed E-state index contributed by atoms with van der Waals surface area (Å²) >= 11 is 0. The van der Waals surface area contributed by atoms with Gasteiger partial charge in [-0.05, 0) is 37.4 Å². The zero-order chi connectivity index (χ0) is 22.5. The number of hydrogen-bond acceptors (Lipinski definition) is 7. The second-order valence-electron chi connectivity index (χ2n) is 8.34. The van der Waals surface area contributed by atoms with Gasteiger partial charge in [0, 0.05) is 30.7 Å². The van der Waals surface area contributed by atoms with Crippen LogP contribution in [0.3, 0.4) is 0 Å². The van der Waals surface area contributed by atoms with Crippen LogP contribution < -0.4 is 24.4 Å². The van der Waals surface area contributed by atoms with E-state index in [0.29, 0.717) is 34.3 Å². The highest BCUT2D eigenvalue weighted by Gasteiger charge is 2.52. The van der Waals surface area contributed by atoms with Gasteiger partial charge in [0.15, 0.2) is 17.4 Å². The minimum atomic E-state index is -0.678. The molecule has 0 bridgehead atoms. The van der Waals surface area contributed by atoms with Crippen LogP contribution in [0, 0.1) is 5.92 Å². The van der Waals surface area contributed by atoms with E-state index >= 15 is 0 Å². The second-order valence-corrected chi connectivity index (χ2v) is 8.34. The maximum atomic E-state index is 14.0. The summed E-state index contributed by atoms with van der Waals surface area (Å²) in [7, 11) is 1.59. The fourth-order valence-electron chi connectivity index (χ4n) is 5.00. The number of methoxy groups -OCH3 is 1. The predicted octanol–water partition coefficient (Wildman–Crippen LogP) is 2.48. The molecule has 2 aromatic carbocycles. The summed E-state index contributed by atoms with van der Waals surface area (Å²) in [4.78, 5) is 33.5. The number of nitrogens with zero attached hydrogens (tertiary/aromatic N) is 3. The van der Waals surface area contributed by atoms with Gasteiger partial charge in [0.25, 0.3) is 0 Å². The average Bonchev–Trinajstić information content (AvgIpc) is 3.32. The fraction of sp³-hybridized carbons (Fsp3) is 0.333. The van der Waals surface area contributed by atoms with Crippen molar-refractivity contribution in [2.75, 3.05) is 31.9 Å². The molecule has 1 saturated heterocycles. The van der Waals surface area contributed by atoms with Crippen molar-refractivity contribution >= 4 is 35.2 Å². The number of urea groups is 1. The Bertz CT molecular complexity index is 1230. The molecule has 0 aromatic heterocycles. The number of ether oxygens (including phenoxy) is 3. The number of anilines is 1. The van der Waals surface area contributed by atoms with Crippen molar-refractivity contribution < 1.29 is 28.4 Å². The van der Waals surface area contributed by atoms with Gasteiger partial charge in [-0.2, -0.15) is 9.37 Å². The van der Waals surface area contributed by atoms with E-state index < -0.39 is 5.92 Å². The van der Waals surface area contributed by atoms with Crippen LogP contribution in [0.15, 0.2) is 41.4 Å². The van der Waals surface area contributed by atoms with Crippen molar-refractivity contribution in [1.29, 1.82) is 0 Å². The van der Waals surface area contributed by atoms with Gasteiger partial charge < -0.3 is 19.5 Å². The minimum Gasteiger partial charge on any atom is -0.494 e. The molecule has 0 spiro atoms. The summed E-state index contributed by atoms with van der Waals surface area (Å²) in [5.41, 5.74) is 2.53. The van der Waals surface area contributed by atoms with Gasteiger partial charge >= 0.3 is 11.9 Å². The number of carbonyl (C=O) groups excluding carboxylic acids is 2. The molecule has 168 valence electrons. The number of nitrogens with one attached hydrogen (secondary N) is 1. The first kappa shape index (κ1) is 19.9. The maximum absolute atomic E-state index is 14.0. The summed E-state index contributed by atoms with van der Waals surface area (Å²) < 4.78 is 18.2. The molecular formula is C24H23N4O5+. The second kappa shape index (κ2) is 7.70. The number of fused-ring (bicyclic) bond motifs is 4. The molecule has 1 atom stereocenters. The summed E-state index contributed by atoms with van der Waals surface area (Å²) in [5.74, 6) is 0.707. The van der Waals surface area contributed by atoms with Gasteiger partial charge in [0.2, 0.25) is 6.79 Å². The average molecular weight is 447 g/mol. The number of hydrogen-bond donors (Lipinski definition) is 1. The lowest BCUT2D eigenvalue weighted by Crippen LogP contribution is -2.59. The highest BCUT2D eigenvalue weighted by Crippen LogP contribution is 2.40. The van der Waals surface area contributed by atoms with E-state index in [0.717, 1.165) is 31.5 Å². The third-order valence-corrected chi connectivity index (χ3v) is 6.57. The molecule has 1 fully saturated rings. The van der Waals surface area contributed by atoms with E-state index in [1.165, 1.54) is 4.90 Å². The Morgan fingerprint density at radius 3 is 2.76 bits per heavy atom. The third-order valence-electron chi connectivity index (χ3n) is 6.57. The summed E-state index contributed by atoms with van der Waals surface area (Å²) in [6.07, 6.45) is 3.21. The monoisotopic (exact) mass is 447 g/mol. The quantitative estimate of drug-likeness (QED) is 0.727. The Hall–Kier alpha value is -3.72. The predicted molar refractivity (Wildman–Crippen MR) is 120 cm³/mol. The Morgan fingerprint density at radius 1 is 1.12 bits per heavy atom. The van der Waals surface area contributed by atoms with Crippen molar-refractivity contribution in [2.24, 2.45) is 10.9 Å². The van der Waals surface area contributed by atoms with E-state index in [1.807, 2.05) is 18.2 Å². The van der Waals surface area contributed by atoms with Crippen molar-refractivity contribution in [3.63, 3.8) is 0 Å². The molecule has 4 aliphatic heterocycles. The van der Waals surface area contributed by atoms with Gasteiger partial charge in [0.05, 0.1) is 7.11 Å². The van der Waals surface area contributed by atoms with Crippen molar-refractivity contribution in [1.82, 2.24) is 5.32 Å². The van der Waals surface area contributed by atoms with Crippen molar-refractivity contribution in [3.8, 4) is 17.2 Å². The first-order chi connectivity index (χ1) is 16.2. The number of carbonyl (C=O) groups is 2. The molecule has 0 aliphatic carbocycles. The molecule has 3 amide bonds. The molecular weight excluding hydrogens is 424 g/mol. The number of imide groups is 1. The number of aliphatic imine (C=N–C) groups is 1. The molecule has 4 aliphatic rings. The molecule has 33 heavy (non-hydrogen) atoms. The van der Waals surface area contributed by atoms with Crippen LogP contribution in [0.4, 0.5) is 16.2 Å². The number of benzene rings is 2. The highest BCUT2D eigenvalue weighted by atomic mass is 16.7. The smallest absolute Gasteiger partial charge is 0.494 e. The van der Waals surface area contributed by atoms with Crippen LogP contribution in [0.1, 0.15) is 18.4 Å². The lowest BCUT2D eigenvalue weighted by Gasteiger charge is -2.33. The first-order valence-corrected chi connectivity index (χ1v) is 11.0. The maximum Gasteiger partial charge on any atom is 0.506 e. The molecule has 6 rings (SSSR count). The van der Waals surface area contributed by atoms with E-state index in [1.54, 1.807) is 36.1 Å². The molecule has 9 heteroatoms. The molecule has 4 heterocycles. The Labute approximate surface area is 190 Å². The Kier molecular flexibility index (Phi) is 4.65. The van der Waals surface area contributed by atoms with Gasteiger partial charge in [-0.1, -0.05) is 6.07 Å². The first-order valence-electron chi connectivity index (χ1n) is 11.0. The van der Waals surface area contributed by atoms with E-state index in [2.05, 4.69) is 10.3 Å². The van der Waals surface area contributed by atoms with Crippen LogP contribution in [-0.2, 0) is 4.79 Å². The molecule has 9 nitrogen and oxygen atoms in total. The number of amides is 3. The van der Waals surface area contributed by atoms with Gasteiger partial charge in [-0.25, -0.2) is 4.79 Å². The van der Waals surface area contributed by atoms with Crippen LogP contribution >= 0.6 is 0 Å². The van der Waals surface area contributed by atoms with Gasteiger partial charge in [0.1, 0.15) is 28.9 Å². The molecule has 0 radical (unpaired) electrons. The molecule has 1 unspecified atom stereocenters. The van der Waals surface area contributed by atoms with Gasteiger partial charge in [-0.3, -0.25) is 4.99 Å². The fourth-order valence-corrected chi connectivity index (χ4v) is 5.00. The van der Waals surface area contributed by atoms with Crippen molar-refractivity contribution in [3.05, 3.63) is 42.0 Å². The highest BCUT2D eigenvalue weighted by molar-refractivity contribution is 6.33. The summed E-state index contributed by atoms with van der Waals surface area (Å²) in [6.45, 7) is 1.74. The zero-order valence-corrected chi connectivity index (χ0v) is 18.1. The number of rotatable bonds is 3. The van der Waals surface area contributed by atoms with Crippen LogP contribution in [0.25, 0.3) is 0 Å². The Balaban J connectivity index is 1.54. The standard InChI is InChI=1S/C24H23N4O5/c1-31-19-4-2-3-16-21(19)26-12-17-22(16)27(14-7-9-25-10-8-14)24(30)28(23(17)29)15-5-6-18-20(11-15)33-13-32-18/h2-6,11-12,14,17,25H,7-10,13H2,1H3/q+1. The largest absolute Gasteiger partial charge is 0.506 e. The zero-order valence-electron chi connectivity index (χ0n) is 18.1. The number of para-hydroxylation sites is 1.